The van der Waals surface area contributed by atoms with Gasteiger partial charge < -0.3 is 9.67 Å². The molecule has 1 N–H and O–H groups in total. The number of thioether (sulfide) groups is 1. The standard InChI is InChI=1S/C8H8N4O2S2/c1-12-7(5-2-9-4-16-5)10-11-8(12)15-3-6(13)14/h2,4H,3H2,1H3,(H,13,14). The molecular formula is C8H8N4O2S2. The smallest absolute Gasteiger partial charge is 0.313 e. The molecule has 2 rings (SSSR count). The van der Waals surface area contributed by atoms with Crippen LogP contribution in [-0.4, -0.2) is 36.6 Å². The molecule has 0 aliphatic carbocycles. The van der Waals surface area contributed by atoms with Crippen LogP contribution in [0.25, 0.3) is 10.7 Å². The number of hydrogen-bond donors (Lipinski definition) is 1. The molecule has 16 heavy (non-hydrogen) atoms. The van der Waals surface area contributed by atoms with Crippen molar-refractivity contribution in [1.82, 2.24) is 19.7 Å². The molecule has 0 saturated carbocycles. The number of hydrogen-bond acceptors (Lipinski definition) is 6. The zero-order valence-electron chi connectivity index (χ0n) is 8.32. The van der Waals surface area contributed by atoms with Crippen molar-refractivity contribution in [2.75, 3.05) is 5.75 Å². The first kappa shape index (κ1) is 11.1. The summed E-state index contributed by atoms with van der Waals surface area (Å²) in [4.78, 5) is 15.3. The number of nitrogens with zero attached hydrogens (tertiary/aromatic N) is 4. The minimum absolute atomic E-state index is 0.0192. The lowest BCUT2D eigenvalue weighted by atomic mass is 10.5. The molecule has 0 saturated heterocycles. The molecule has 0 unspecified atom stereocenters. The van der Waals surface area contributed by atoms with Gasteiger partial charge in [0.15, 0.2) is 11.0 Å². The van der Waals surface area contributed by atoms with E-state index in [4.69, 9.17) is 5.11 Å². The van der Waals surface area contributed by atoms with Gasteiger partial charge in [-0.25, -0.2) is 0 Å². The van der Waals surface area contributed by atoms with Gasteiger partial charge in [0.25, 0.3) is 0 Å². The van der Waals surface area contributed by atoms with E-state index in [0.717, 1.165) is 16.6 Å². The first-order valence-corrected chi connectivity index (χ1v) is 6.18. The molecule has 8 heteroatoms. The van der Waals surface area contributed by atoms with Gasteiger partial charge in [-0.1, -0.05) is 11.8 Å². The Morgan fingerprint density at radius 3 is 3.06 bits per heavy atom. The first-order chi connectivity index (χ1) is 7.68. The molecule has 0 atom stereocenters. The molecule has 0 radical (unpaired) electrons. The predicted octanol–water partition coefficient (Wildman–Crippen LogP) is 1.12. The molecule has 0 aliphatic heterocycles. The van der Waals surface area contributed by atoms with Gasteiger partial charge >= 0.3 is 5.97 Å². The average molecular weight is 256 g/mol. The van der Waals surface area contributed by atoms with Crippen LogP contribution in [0.1, 0.15) is 0 Å². The highest BCUT2D eigenvalue weighted by molar-refractivity contribution is 7.99. The molecule has 0 amide bonds. The normalized spacial score (nSPS) is 10.6. The number of carboxylic acids is 1. The molecule has 0 aromatic carbocycles. The number of carboxylic acid groups (broad SMARTS) is 1. The topological polar surface area (TPSA) is 80.9 Å². The van der Waals surface area contributed by atoms with Crippen molar-refractivity contribution in [3.8, 4) is 10.7 Å². The fourth-order valence-electron chi connectivity index (χ4n) is 1.11. The third kappa shape index (κ3) is 2.22. The molecule has 2 aromatic rings. The van der Waals surface area contributed by atoms with Gasteiger partial charge in [-0.2, -0.15) is 0 Å². The highest BCUT2D eigenvalue weighted by Gasteiger charge is 2.13. The minimum atomic E-state index is -0.868. The molecule has 0 aliphatic rings. The second kappa shape index (κ2) is 4.62. The summed E-state index contributed by atoms with van der Waals surface area (Å²) < 4.78 is 1.76. The van der Waals surface area contributed by atoms with Crippen molar-refractivity contribution in [2.45, 2.75) is 5.16 Å². The van der Waals surface area contributed by atoms with Crippen molar-refractivity contribution < 1.29 is 9.90 Å². The summed E-state index contributed by atoms with van der Waals surface area (Å²) in [6.45, 7) is 0. The SMILES string of the molecule is Cn1c(SCC(=O)O)nnc1-c1cncs1. The lowest BCUT2D eigenvalue weighted by molar-refractivity contribution is -0.133. The third-order valence-electron chi connectivity index (χ3n) is 1.81. The molecular weight excluding hydrogens is 248 g/mol. The lowest BCUT2D eigenvalue weighted by Gasteiger charge is -1.99. The quantitative estimate of drug-likeness (QED) is 0.825. The Morgan fingerprint density at radius 2 is 2.44 bits per heavy atom. The van der Waals surface area contributed by atoms with Gasteiger partial charge in [-0.3, -0.25) is 9.78 Å². The Balaban J connectivity index is 2.21. The minimum Gasteiger partial charge on any atom is -0.481 e. The van der Waals surface area contributed by atoms with Crippen LogP contribution in [0.15, 0.2) is 16.9 Å². The Bertz CT molecular complexity index is 494. The van der Waals surface area contributed by atoms with Gasteiger partial charge in [0, 0.05) is 13.2 Å². The summed E-state index contributed by atoms with van der Waals surface area (Å²) in [6.07, 6.45) is 1.71. The number of aliphatic carboxylic acids is 1. The van der Waals surface area contributed by atoms with E-state index in [0.29, 0.717) is 11.0 Å². The summed E-state index contributed by atoms with van der Waals surface area (Å²) in [5, 5.41) is 17.1. The van der Waals surface area contributed by atoms with Crippen LogP contribution < -0.4 is 0 Å². The van der Waals surface area contributed by atoms with Crippen molar-refractivity contribution in [2.24, 2.45) is 7.05 Å². The zero-order valence-corrected chi connectivity index (χ0v) is 9.96. The molecule has 0 spiro atoms. The molecule has 6 nitrogen and oxygen atoms in total. The van der Waals surface area contributed by atoms with Crippen molar-refractivity contribution in [3.63, 3.8) is 0 Å². The predicted molar refractivity (Wildman–Crippen MR) is 60.5 cm³/mol. The highest BCUT2D eigenvalue weighted by Crippen LogP contribution is 2.24. The number of rotatable bonds is 4. The van der Waals surface area contributed by atoms with Gasteiger partial charge in [0.1, 0.15) is 0 Å². The zero-order chi connectivity index (χ0) is 11.5. The van der Waals surface area contributed by atoms with Gasteiger partial charge in [0.2, 0.25) is 0 Å². The maximum Gasteiger partial charge on any atom is 0.313 e. The number of carbonyl (C=O) groups is 1. The van der Waals surface area contributed by atoms with Gasteiger partial charge in [-0.15, -0.1) is 21.5 Å². The highest BCUT2D eigenvalue weighted by atomic mass is 32.2. The first-order valence-electron chi connectivity index (χ1n) is 4.31. The summed E-state index contributed by atoms with van der Waals surface area (Å²) >= 11 is 2.62. The van der Waals surface area contributed by atoms with E-state index in [1.54, 1.807) is 23.3 Å². The van der Waals surface area contributed by atoms with E-state index in [2.05, 4.69) is 15.2 Å². The molecule has 2 heterocycles. The Morgan fingerprint density at radius 1 is 1.62 bits per heavy atom. The summed E-state index contributed by atoms with van der Waals surface area (Å²) in [6, 6.07) is 0. The third-order valence-corrected chi connectivity index (χ3v) is 3.59. The maximum atomic E-state index is 10.4. The Hall–Kier alpha value is -1.41. The van der Waals surface area contributed by atoms with Gasteiger partial charge in [0.05, 0.1) is 16.1 Å². The van der Waals surface area contributed by atoms with E-state index in [9.17, 15) is 4.79 Å². The lowest BCUT2D eigenvalue weighted by Crippen LogP contribution is -2.00. The molecule has 0 fully saturated rings. The van der Waals surface area contributed by atoms with Crippen molar-refractivity contribution in [1.29, 1.82) is 0 Å². The van der Waals surface area contributed by atoms with Gasteiger partial charge in [-0.05, 0) is 0 Å². The average Bonchev–Trinajstić information content (AvgIpc) is 2.84. The van der Waals surface area contributed by atoms with Crippen LogP contribution in [-0.2, 0) is 11.8 Å². The van der Waals surface area contributed by atoms with E-state index in [1.165, 1.54) is 11.3 Å². The number of thiazole rings is 1. The maximum absolute atomic E-state index is 10.4. The number of aromatic nitrogens is 4. The molecule has 2 aromatic heterocycles. The Labute approximate surface area is 99.3 Å². The van der Waals surface area contributed by atoms with Crippen LogP contribution in [0.5, 0.6) is 0 Å². The van der Waals surface area contributed by atoms with E-state index >= 15 is 0 Å². The van der Waals surface area contributed by atoms with Crippen LogP contribution >= 0.6 is 23.1 Å². The van der Waals surface area contributed by atoms with E-state index < -0.39 is 5.97 Å². The monoisotopic (exact) mass is 256 g/mol. The van der Waals surface area contributed by atoms with Crippen LogP contribution in [0.4, 0.5) is 0 Å². The van der Waals surface area contributed by atoms with Crippen molar-refractivity contribution in [3.05, 3.63) is 11.7 Å². The van der Waals surface area contributed by atoms with E-state index in [1.807, 2.05) is 0 Å². The molecule has 0 bridgehead atoms. The second-order valence-corrected chi connectivity index (χ2v) is 4.74. The summed E-state index contributed by atoms with van der Waals surface area (Å²) in [5.74, 6) is -0.183. The second-order valence-electron chi connectivity index (χ2n) is 2.91. The van der Waals surface area contributed by atoms with E-state index in [-0.39, 0.29) is 5.75 Å². The summed E-state index contributed by atoms with van der Waals surface area (Å²) in [5.41, 5.74) is 1.72. The fraction of sp³-hybridized carbons (Fsp3) is 0.250. The van der Waals surface area contributed by atoms with Crippen LogP contribution in [0, 0.1) is 0 Å². The largest absolute Gasteiger partial charge is 0.481 e. The fourth-order valence-corrected chi connectivity index (χ4v) is 2.38. The molecule has 84 valence electrons. The summed E-state index contributed by atoms with van der Waals surface area (Å²) in [7, 11) is 1.80. The van der Waals surface area contributed by atoms with Crippen LogP contribution in [0.3, 0.4) is 0 Å². The van der Waals surface area contributed by atoms with Crippen molar-refractivity contribution >= 4 is 29.1 Å². The van der Waals surface area contributed by atoms with Crippen LogP contribution in [0.2, 0.25) is 0 Å². The Kier molecular flexibility index (Phi) is 3.20.